The fourth-order valence-corrected chi connectivity index (χ4v) is 5.09. The van der Waals surface area contributed by atoms with Gasteiger partial charge < -0.3 is 14.2 Å². The van der Waals surface area contributed by atoms with Gasteiger partial charge >= 0.3 is 0 Å². The second-order valence-corrected chi connectivity index (χ2v) is 9.95. The number of ether oxygens (including phenoxy) is 3. The largest absolute Gasteiger partial charge is 0.496 e. The fraction of sp³-hybridized carbons (Fsp3) is 0.192. The van der Waals surface area contributed by atoms with E-state index in [4.69, 9.17) is 37.4 Å². The summed E-state index contributed by atoms with van der Waals surface area (Å²) in [6, 6.07) is 12.9. The Labute approximate surface area is 215 Å². The van der Waals surface area contributed by atoms with Crippen LogP contribution in [0.2, 0.25) is 10.0 Å². The highest BCUT2D eigenvalue weighted by atomic mass is 79.9. The van der Waals surface area contributed by atoms with Crippen LogP contribution in [-0.4, -0.2) is 24.5 Å². The molecule has 0 spiro atoms. The second-order valence-electron chi connectivity index (χ2n) is 8.19. The predicted octanol–water partition coefficient (Wildman–Crippen LogP) is 7.04. The number of carbonyl (C=O) groups is 1. The molecule has 0 N–H and O–H groups in total. The molecule has 34 heavy (non-hydrogen) atoms. The average Bonchev–Trinajstić information content (AvgIpc) is 3.11. The van der Waals surface area contributed by atoms with E-state index < -0.39 is 0 Å². The molecule has 0 fully saturated rings. The number of rotatable bonds is 4. The van der Waals surface area contributed by atoms with E-state index in [-0.39, 0.29) is 11.5 Å². The molecular weight excluding hydrogens is 541 g/mol. The molecule has 0 saturated carbocycles. The van der Waals surface area contributed by atoms with Crippen LogP contribution in [-0.2, 0) is 13.1 Å². The van der Waals surface area contributed by atoms with E-state index >= 15 is 0 Å². The number of Topliss-reactive ketones (excluding diaryl/α,β-unsaturated/α-hetero) is 1. The molecule has 0 amide bonds. The number of hydrogen-bond acceptors (Lipinski definition) is 5. The monoisotopic (exact) mass is 559 g/mol. The molecule has 0 radical (unpaired) electrons. The number of fused-ring (bicyclic) bond motifs is 2. The van der Waals surface area contributed by atoms with Crippen molar-refractivity contribution in [3.63, 3.8) is 0 Å². The van der Waals surface area contributed by atoms with Gasteiger partial charge in [0.15, 0.2) is 5.76 Å². The Morgan fingerprint density at radius 2 is 1.97 bits per heavy atom. The van der Waals surface area contributed by atoms with Crippen molar-refractivity contribution in [1.82, 2.24) is 4.90 Å². The van der Waals surface area contributed by atoms with Gasteiger partial charge in [0.05, 0.1) is 12.7 Å². The van der Waals surface area contributed by atoms with Gasteiger partial charge in [-0.25, -0.2) is 0 Å². The van der Waals surface area contributed by atoms with Crippen LogP contribution in [0.4, 0.5) is 0 Å². The van der Waals surface area contributed by atoms with Gasteiger partial charge in [0, 0.05) is 44.3 Å². The molecule has 0 aliphatic carbocycles. The fourth-order valence-electron chi connectivity index (χ4n) is 4.25. The first-order valence-corrected chi connectivity index (χ1v) is 12.1. The Bertz CT molecular complexity index is 1360. The minimum atomic E-state index is -0.166. The zero-order valence-electron chi connectivity index (χ0n) is 18.5. The SMILES string of the molecule is COc1ccc(Br)cc1/C=C1\Oc2c(cc3c(c2C)OCN(Cc2ccc(Cl)cc2Cl)C3)C1=O. The molecule has 0 saturated heterocycles. The van der Waals surface area contributed by atoms with Crippen molar-refractivity contribution < 1.29 is 19.0 Å². The first-order valence-electron chi connectivity index (χ1n) is 10.6. The molecule has 174 valence electrons. The Balaban J connectivity index is 1.44. The molecular formula is C26H20BrCl2NO4. The highest BCUT2D eigenvalue weighted by Crippen LogP contribution is 2.43. The highest BCUT2D eigenvalue weighted by Gasteiger charge is 2.34. The number of ketones is 1. The normalized spacial score (nSPS) is 16.1. The molecule has 2 heterocycles. The highest BCUT2D eigenvalue weighted by molar-refractivity contribution is 9.10. The van der Waals surface area contributed by atoms with Crippen molar-refractivity contribution >= 4 is 51.0 Å². The van der Waals surface area contributed by atoms with E-state index in [0.717, 1.165) is 32.5 Å². The quantitative estimate of drug-likeness (QED) is 0.320. The molecule has 5 nitrogen and oxygen atoms in total. The summed E-state index contributed by atoms with van der Waals surface area (Å²) in [7, 11) is 1.59. The molecule has 3 aromatic carbocycles. The first kappa shape index (κ1) is 23.2. The lowest BCUT2D eigenvalue weighted by molar-refractivity contribution is 0.0877. The van der Waals surface area contributed by atoms with Crippen molar-refractivity contribution in [2.45, 2.75) is 20.0 Å². The number of nitrogens with zero attached hydrogens (tertiary/aromatic N) is 1. The standard InChI is InChI=1S/C26H20BrCl2NO4/c1-14-25-17(12-30(13-33-25)11-15-3-5-19(28)10-21(15)29)8-20-24(31)23(34-26(14)20)9-16-7-18(27)4-6-22(16)32-2/h3-10H,11-13H2,1-2H3/b23-9-. The Kier molecular flexibility index (Phi) is 6.34. The van der Waals surface area contributed by atoms with Crippen molar-refractivity contribution in [3.8, 4) is 17.2 Å². The Morgan fingerprint density at radius 1 is 1.15 bits per heavy atom. The number of carbonyl (C=O) groups excluding carboxylic acids is 1. The molecule has 2 aliphatic rings. The second kappa shape index (κ2) is 9.27. The van der Waals surface area contributed by atoms with E-state index in [1.165, 1.54) is 0 Å². The van der Waals surface area contributed by atoms with E-state index in [1.807, 2.05) is 43.3 Å². The van der Waals surface area contributed by atoms with Gasteiger partial charge in [0.1, 0.15) is 24.0 Å². The van der Waals surface area contributed by atoms with Crippen LogP contribution in [0.1, 0.15) is 32.6 Å². The van der Waals surface area contributed by atoms with Crippen LogP contribution in [0.25, 0.3) is 6.08 Å². The van der Waals surface area contributed by atoms with Gasteiger partial charge in [0.2, 0.25) is 5.78 Å². The summed E-state index contributed by atoms with van der Waals surface area (Å²) in [5.74, 6) is 2.03. The number of hydrogen-bond donors (Lipinski definition) is 0. The van der Waals surface area contributed by atoms with Gasteiger partial charge in [-0.3, -0.25) is 9.69 Å². The summed E-state index contributed by atoms with van der Waals surface area (Å²) < 4.78 is 18.4. The van der Waals surface area contributed by atoms with E-state index in [1.54, 1.807) is 19.3 Å². The lowest BCUT2D eigenvalue weighted by Crippen LogP contribution is -2.32. The van der Waals surface area contributed by atoms with Gasteiger partial charge in [0.25, 0.3) is 0 Å². The number of benzene rings is 3. The average molecular weight is 561 g/mol. The molecule has 3 aromatic rings. The maximum Gasteiger partial charge on any atom is 0.231 e. The molecule has 0 atom stereocenters. The summed E-state index contributed by atoms with van der Waals surface area (Å²) >= 11 is 15.8. The van der Waals surface area contributed by atoms with Crippen LogP contribution in [0.3, 0.4) is 0 Å². The number of methoxy groups -OCH3 is 1. The van der Waals surface area contributed by atoms with Crippen LogP contribution in [0, 0.1) is 6.92 Å². The Hall–Kier alpha value is -2.51. The third-order valence-electron chi connectivity index (χ3n) is 5.89. The van der Waals surface area contributed by atoms with Crippen LogP contribution >= 0.6 is 39.1 Å². The van der Waals surface area contributed by atoms with Crippen molar-refractivity contribution in [2.75, 3.05) is 13.8 Å². The zero-order chi connectivity index (χ0) is 24.0. The summed E-state index contributed by atoms with van der Waals surface area (Å²) in [6.45, 7) is 3.54. The number of allylic oxidation sites excluding steroid dienone is 1. The van der Waals surface area contributed by atoms with Gasteiger partial charge in [-0.15, -0.1) is 0 Å². The third kappa shape index (κ3) is 4.31. The van der Waals surface area contributed by atoms with Crippen molar-refractivity contribution in [2.24, 2.45) is 0 Å². The molecule has 2 aliphatic heterocycles. The van der Waals surface area contributed by atoms with Crippen molar-refractivity contribution in [3.05, 3.63) is 90.6 Å². The van der Waals surface area contributed by atoms with E-state index in [9.17, 15) is 4.79 Å². The maximum absolute atomic E-state index is 13.2. The number of halogens is 3. The van der Waals surface area contributed by atoms with Gasteiger partial charge in [-0.1, -0.05) is 45.2 Å². The van der Waals surface area contributed by atoms with Crippen molar-refractivity contribution in [1.29, 1.82) is 0 Å². The lowest BCUT2D eigenvalue weighted by atomic mass is 9.99. The summed E-state index contributed by atoms with van der Waals surface area (Å²) in [4.78, 5) is 15.4. The molecule has 8 heteroatoms. The molecule has 0 bridgehead atoms. The lowest BCUT2D eigenvalue weighted by Gasteiger charge is -2.30. The summed E-state index contributed by atoms with van der Waals surface area (Å²) in [5.41, 5.74) is 3.99. The molecule has 0 unspecified atom stereocenters. The molecule has 0 aromatic heterocycles. The van der Waals surface area contributed by atoms with Crippen LogP contribution in [0.5, 0.6) is 17.2 Å². The van der Waals surface area contributed by atoms with Crippen LogP contribution in [0.15, 0.2) is 52.7 Å². The summed E-state index contributed by atoms with van der Waals surface area (Å²) in [5, 5.41) is 1.22. The smallest absolute Gasteiger partial charge is 0.231 e. The van der Waals surface area contributed by atoms with E-state index in [2.05, 4.69) is 20.8 Å². The topological polar surface area (TPSA) is 48.0 Å². The maximum atomic E-state index is 13.2. The van der Waals surface area contributed by atoms with E-state index in [0.29, 0.717) is 46.9 Å². The minimum Gasteiger partial charge on any atom is -0.496 e. The first-order chi connectivity index (χ1) is 16.3. The third-order valence-corrected chi connectivity index (χ3v) is 6.97. The zero-order valence-corrected chi connectivity index (χ0v) is 21.6. The predicted molar refractivity (Wildman–Crippen MR) is 136 cm³/mol. The van der Waals surface area contributed by atoms with Crippen LogP contribution < -0.4 is 14.2 Å². The summed E-state index contributed by atoms with van der Waals surface area (Å²) in [6.07, 6.45) is 1.71. The molecule has 5 rings (SSSR count). The minimum absolute atomic E-state index is 0.166. The van der Waals surface area contributed by atoms with Gasteiger partial charge in [-0.2, -0.15) is 0 Å². The van der Waals surface area contributed by atoms with Gasteiger partial charge in [-0.05, 0) is 55.0 Å². The Morgan fingerprint density at radius 3 is 2.74 bits per heavy atom.